The van der Waals surface area contributed by atoms with Gasteiger partial charge in [-0.15, -0.1) is 0 Å². The van der Waals surface area contributed by atoms with Crippen LogP contribution in [-0.2, 0) is 0 Å². The Morgan fingerprint density at radius 3 is 2.06 bits per heavy atom. The zero-order valence-corrected chi connectivity index (χ0v) is 10.7. The molecule has 2 fully saturated rings. The second kappa shape index (κ2) is 5.37. The Bertz CT molecular complexity index is 264. The van der Waals surface area contributed by atoms with Crippen LogP contribution in [-0.4, -0.2) is 24.3 Å². The molecule has 0 unspecified atom stereocenters. The lowest BCUT2D eigenvalue weighted by Gasteiger charge is -2.42. The predicted octanol–water partition coefficient (Wildman–Crippen LogP) is 2.97. The summed E-state index contributed by atoms with van der Waals surface area (Å²) in [5, 5.41) is 3.56. The first-order chi connectivity index (χ1) is 8.45. The smallest absolute Gasteiger partial charge is 0.329 e. The molecule has 0 aliphatic heterocycles. The van der Waals surface area contributed by atoms with E-state index in [1.807, 2.05) is 0 Å². The van der Waals surface area contributed by atoms with Gasteiger partial charge < -0.3 is 11.1 Å². The van der Waals surface area contributed by atoms with Gasteiger partial charge in [0.25, 0.3) is 0 Å². The number of nitrogens with two attached hydrogens (primary N) is 1. The molecular formula is C13H23F3N2. The highest BCUT2D eigenvalue weighted by molar-refractivity contribution is 4.97. The van der Waals surface area contributed by atoms with Crippen LogP contribution in [0.1, 0.15) is 51.4 Å². The van der Waals surface area contributed by atoms with E-state index in [1.54, 1.807) is 0 Å². The summed E-state index contributed by atoms with van der Waals surface area (Å²) >= 11 is 0. The molecule has 0 saturated heterocycles. The minimum atomic E-state index is -4.03. The molecule has 0 atom stereocenters. The minimum Gasteiger partial charge on any atom is -0.329 e. The van der Waals surface area contributed by atoms with Crippen molar-refractivity contribution in [3.8, 4) is 0 Å². The van der Waals surface area contributed by atoms with Gasteiger partial charge in [0.2, 0.25) is 0 Å². The molecule has 0 bridgehead atoms. The molecule has 0 radical (unpaired) electrons. The second-order valence-electron chi connectivity index (χ2n) is 5.93. The van der Waals surface area contributed by atoms with E-state index in [1.165, 1.54) is 12.8 Å². The maximum atomic E-state index is 12.7. The van der Waals surface area contributed by atoms with Crippen LogP contribution in [0.25, 0.3) is 0 Å². The van der Waals surface area contributed by atoms with Gasteiger partial charge in [0.05, 0.1) is 5.92 Å². The lowest BCUT2D eigenvalue weighted by Crippen LogP contribution is -2.57. The summed E-state index contributed by atoms with van der Waals surface area (Å²) in [7, 11) is 0. The summed E-state index contributed by atoms with van der Waals surface area (Å²) in [6.07, 6.45) is 2.27. The van der Waals surface area contributed by atoms with E-state index in [0.717, 1.165) is 12.8 Å². The topological polar surface area (TPSA) is 38.0 Å². The SMILES string of the molecule is NCC1(NC2CCCC2)CCC(C(F)(F)F)CC1. The Kier molecular flexibility index (Phi) is 4.22. The van der Waals surface area contributed by atoms with Crippen molar-refractivity contribution >= 4 is 0 Å². The molecule has 0 spiro atoms. The summed E-state index contributed by atoms with van der Waals surface area (Å²) in [5.74, 6) is -1.12. The number of alkyl halides is 3. The van der Waals surface area contributed by atoms with Crippen molar-refractivity contribution in [1.29, 1.82) is 0 Å². The van der Waals surface area contributed by atoms with E-state index < -0.39 is 12.1 Å². The van der Waals surface area contributed by atoms with Gasteiger partial charge in [-0.3, -0.25) is 0 Å². The van der Waals surface area contributed by atoms with E-state index in [2.05, 4.69) is 5.32 Å². The van der Waals surface area contributed by atoms with Gasteiger partial charge in [0.1, 0.15) is 0 Å². The average Bonchev–Trinajstić information content (AvgIpc) is 2.81. The highest BCUT2D eigenvalue weighted by atomic mass is 19.4. The summed E-state index contributed by atoms with van der Waals surface area (Å²) < 4.78 is 38.0. The van der Waals surface area contributed by atoms with Gasteiger partial charge in [-0.1, -0.05) is 12.8 Å². The Balaban J connectivity index is 1.90. The molecule has 18 heavy (non-hydrogen) atoms. The first kappa shape index (κ1) is 14.1. The van der Waals surface area contributed by atoms with E-state index in [-0.39, 0.29) is 18.4 Å². The standard InChI is InChI=1S/C13H23F3N2/c14-13(15,16)10-5-7-12(9-17,8-6-10)18-11-3-1-2-4-11/h10-11,18H,1-9,17H2. The lowest BCUT2D eigenvalue weighted by atomic mass is 9.75. The Morgan fingerprint density at radius 1 is 1.06 bits per heavy atom. The van der Waals surface area contributed by atoms with E-state index >= 15 is 0 Å². The number of nitrogens with one attached hydrogen (secondary N) is 1. The van der Waals surface area contributed by atoms with Gasteiger partial charge in [0.15, 0.2) is 0 Å². The molecule has 5 heteroatoms. The highest BCUT2D eigenvalue weighted by Crippen LogP contribution is 2.41. The second-order valence-corrected chi connectivity index (χ2v) is 5.93. The molecule has 2 nitrogen and oxygen atoms in total. The fourth-order valence-electron chi connectivity index (χ4n) is 3.41. The van der Waals surface area contributed by atoms with Crippen LogP contribution in [0.5, 0.6) is 0 Å². The normalized spacial score (nSPS) is 35.0. The van der Waals surface area contributed by atoms with E-state index in [4.69, 9.17) is 5.73 Å². The fraction of sp³-hybridized carbons (Fsp3) is 1.00. The van der Waals surface area contributed by atoms with Crippen LogP contribution in [0.4, 0.5) is 13.2 Å². The number of hydrogen-bond acceptors (Lipinski definition) is 2. The Morgan fingerprint density at radius 2 is 1.61 bits per heavy atom. The maximum absolute atomic E-state index is 12.7. The van der Waals surface area contributed by atoms with Crippen molar-refractivity contribution in [3.63, 3.8) is 0 Å². The molecule has 0 aromatic rings. The lowest BCUT2D eigenvalue weighted by molar-refractivity contribution is -0.185. The molecule has 2 aliphatic rings. The molecule has 2 aliphatic carbocycles. The summed E-state index contributed by atoms with van der Waals surface area (Å²) in [6, 6.07) is 0.469. The van der Waals surface area contributed by atoms with Gasteiger partial charge in [-0.2, -0.15) is 13.2 Å². The summed E-state index contributed by atoms with van der Waals surface area (Å²) in [4.78, 5) is 0. The van der Waals surface area contributed by atoms with Crippen molar-refractivity contribution in [2.45, 2.75) is 69.1 Å². The number of rotatable bonds is 3. The number of halogens is 3. The third-order valence-corrected chi connectivity index (χ3v) is 4.66. The zero-order valence-electron chi connectivity index (χ0n) is 10.7. The van der Waals surface area contributed by atoms with Gasteiger partial charge in [-0.25, -0.2) is 0 Å². The molecule has 0 heterocycles. The maximum Gasteiger partial charge on any atom is 0.391 e. The molecule has 106 valence electrons. The molecular weight excluding hydrogens is 241 g/mol. The van der Waals surface area contributed by atoms with Gasteiger partial charge in [-0.05, 0) is 38.5 Å². The van der Waals surface area contributed by atoms with E-state index in [0.29, 0.717) is 25.4 Å². The van der Waals surface area contributed by atoms with Crippen molar-refractivity contribution in [2.75, 3.05) is 6.54 Å². The van der Waals surface area contributed by atoms with Crippen molar-refractivity contribution in [1.82, 2.24) is 5.32 Å². The van der Waals surface area contributed by atoms with Crippen LogP contribution >= 0.6 is 0 Å². The molecule has 2 rings (SSSR count). The molecule has 2 saturated carbocycles. The van der Waals surface area contributed by atoms with Gasteiger partial charge in [0, 0.05) is 18.1 Å². The van der Waals surface area contributed by atoms with Gasteiger partial charge >= 0.3 is 6.18 Å². The first-order valence-electron chi connectivity index (χ1n) is 7.00. The Hall–Kier alpha value is -0.290. The van der Waals surface area contributed by atoms with Crippen molar-refractivity contribution in [3.05, 3.63) is 0 Å². The highest BCUT2D eigenvalue weighted by Gasteiger charge is 2.45. The Labute approximate surface area is 106 Å². The zero-order chi connectivity index (χ0) is 13.2. The summed E-state index contributed by atoms with van der Waals surface area (Å²) in [5.41, 5.74) is 5.59. The molecule has 0 aromatic heterocycles. The monoisotopic (exact) mass is 264 g/mol. The molecule has 3 N–H and O–H groups in total. The minimum absolute atomic E-state index is 0.223. The summed E-state index contributed by atoms with van der Waals surface area (Å²) in [6.45, 7) is 0.452. The van der Waals surface area contributed by atoms with Crippen LogP contribution in [0.2, 0.25) is 0 Å². The largest absolute Gasteiger partial charge is 0.391 e. The van der Waals surface area contributed by atoms with Crippen molar-refractivity contribution < 1.29 is 13.2 Å². The predicted molar refractivity (Wildman–Crippen MR) is 65.2 cm³/mol. The van der Waals surface area contributed by atoms with Crippen LogP contribution < -0.4 is 11.1 Å². The van der Waals surface area contributed by atoms with Crippen molar-refractivity contribution in [2.24, 2.45) is 11.7 Å². The third-order valence-electron chi connectivity index (χ3n) is 4.66. The third kappa shape index (κ3) is 3.18. The number of hydrogen-bond donors (Lipinski definition) is 2. The van der Waals surface area contributed by atoms with Crippen LogP contribution in [0.3, 0.4) is 0 Å². The van der Waals surface area contributed by atoms with Crippen LogP contribution in [0.15, 0.2) is 0 Å². The average molecular weight is 264 g/mol. The molecule has 0 amide bonds. The quantitative estimate of drug-likeness (QED) is 0.822. The van der Waals surface area contributed by atoms with E-state index in [9.17, 15) is 13.2 Å². The first-order valence-corrected chi connectivity index (χ1v) is 7.00. The molecule has 0 aromatic carbocycles. The fourth-order valence-corrected chi connectivity index (χ4v) is 3.41. The van der Waals surface area contributed by atoms with Crippen LogP contribution in [0, 0.1) is 5.92 Å².